The molecule has 0 aliphatic heterocycles. The summed E-state index contributed by atoms with van der Waals surface area (Å²) in [6, 6.07) is 5.87. The minimum atomic E-state index is -0.591. The van der Waals surface area contributed by atoms with E-state index in [2.05, 4.69) is 19.0 Å². The fourth-order valence-corrected chi connectivity index (χ4v) is 1.89. The number of nitrogens with one attached hydrogen (secondary N) is 1. The van der Waals surface area contributed by atoms with E-state index in [-0.39, 0.29) is 6.61 Å². The van der Waals surface area contributed by atoms with Crippen molar-refractivity contribution in [3.63, 3.8) is 0 Å². The van der Waals surface area contributed by atoms with E-state index in [4.69, 9.17) is 4.74 Å². The van der Waals surface area contributed by atoms with Crippen molar-refractivity contribution >= 4 is 11.7 Å². The summed E-state index contributed by atoms with van der Waals surface area (Å²) in [5.41, 5.74) is 1.94. The Labute approximate surface area is 115 Å². The first kappa shape index (κ1) is 13.9. The second kappa shape index (κ2) is 7.13. The van der Waals surface area contributed by atoms with Crippen LogP contribution < -0.4 is 10.1 Å². The minimum absolute atomic E-state index is 0.194. The first-order valence-electron chi connectivity index (χ1n) is 5.96. The Kier molecular flexibility index (Phi) is 5.20. The number of nitrogens with zero attached hydrogens (tertiary/aromatic N) is 3. The fourth-order valence-electron chi connectivity index (χ4n) is 1.52. The predicted molar refractivity (Wildman–Crippen MR) is 72.1 cm³/mol. The van der Waals surface area contributed by atoms with Gasteiger partial charge in [0.05, 0.1) is 17.4 Å². The maximum atomic E-state index is 9.73. The molecule has 0 spiro atoms. The van der Waals surface area contributed by atoms with E-state index in [9.17, 15) is 5.11 Å². The Hall–Kier alpha value is -1.57. The van der Waals surface area contributed by atoms with Crippen molar-refractivity contribution in [2.45, 2.75) is 19.6 Å². The molecule has 0 saturated heterocycles. The van der Waals surface area contributed by atoms with Crippen molar-refractivity contribution in [3.8, 4) is 5.88 Å². The van der Waals surface area contributed by atoms with E-state index in [0.29, 0.717) is 19.0 Å². The summed E-state index contributed by atoms with van der Waals surface area (Å²) >= 11 is 1.08. The van der Waals surface area contributed by atoms with Gasteiger partial charge < -0.3 is 15.2 Å². The van der Waals surface area contributed by atoms with Gasteiger partial charge in [-0.15, -0.1) is 4.37 Å². The highest BCUT2D eigenvalue weighted by molar-refractivity contribution is 6.99. The molecule has 0 bridgehead atoms. The summed E-state index contributed by atoms with van der Waals surface area (Å²) in [5, 5.41) is 12.9. The molecule has 0 fully saturated rings. The average Bonchev–Trinajstić information content (AvgIpc) is 2.89. The molecule has 2 rings (SSSR count). The zero-order chi connectivity index (χ0) is 13.5. The molecule has 0 radical (unpaired) electrons. The summed E-state index contributed by atoms with van der Waals surface area (Å²) in [6.07, 6.45) is 0.938. The molecule has 1 unspecified atom stereocenters. The SMILES string of the molecule is Cc1cccc(CNCC(O)COc2cnsn2)n1. The van der Waals surface area contributed by atoms with Crippen LogP contribution in [0.4, 0.5) is 0 Å². The molecule has 6 nitrogen and oxygen atoms in total. The Morgan fingerprint density at radius 3 is 3.11 bits per heavy atom. The van der Waals surface area contributed by atoms with Gasteiger partial charge in [0.2, 0.25) is 5.88 Å². The molecular formula is C12H16N4O2S. The van der Waals surface area contributed by atoms with Crippen LogP contribution in [0.3, 0.4) is 0 Å². The van der Waals surface area contributed by atoms with Gasteiger partial charge in [0.15, 0.2) is 0 Å². The molecule has 19 heavy (non-hydrogen) atoms. The maximum Gasteiger partial charge on any atom is 0.245 e. The normalized spacial score (nSPS) is 12.3. The lowest BCUT2D eigenvalue weighted by molar-refractivity contribution is 0.104. The topological polar surface area (TPSA) is 80.2 Å². The molecule has 0 saturated carbocycles. The number of aryl methyl sites for hydroxylation is 1. The standard InChI is InChI=1S/C12H16N4O2S/c1-9-3-2-4-10(15-9)5-13-6-11(17)8-18-12-7-14-19-16-12/h2-4,7,11,13,17H,5-6,8H2,1H3. The maximum absolute atomic E-state index is 9.73. The van der Waals surface area contributed by atoms with Gasteiger partial charge in [0.25, 0.3) is 0 Å². The Morgan fingerprint density at radius 1 is 1.47 bits per heavy atom. The lowest BCUT2D eigenvalue weighted by Crippen LogP contribution is -2.31. The van der Waals surface area contributed by atoms with E-state index in [1.54, 1.807) is 0 Å². The van der Waals surface area contributed by atoms with Gasteiger partial charge in [-0.25, -0.2) is 0 Å². The van der Waals surface area contributed by atoms with Crippen LogP contribution in [-0.4, -0.2) is 38.1 Å². The highest BCUT2D eigenvalue weighted by Gasteiger charge is 2.06. The van der Waals surface area contributed by atoms with Crippen molar-refractivity contribution in [1.82, 2.24) is 19.0 Å². The van der Waals surface area contributed by atoms with Crippen molar-refractivity contribution in [2.24, 2.45) is 0 Å². The zero-order valence-electron chi connectivity index (χ0n) is 10.6. The van der Waals surface area contributed by atoms with E-state index in [1.165, 1.54) is 6.20 Å². The third-order valence-corrected chi connectivity index (χ3v) is 2.86. The number of hydrogen-bond acceptors (Lipinski definition) is 7. The molecule has 2 heterocycles. The van der Waals surface area contributed by atoms with Gasteiger partial charge in [-0.2, -0.15) is 4.37 Å². The molecule has 0 aromatic carbocycles. The summed E-state index contributed by atoms with van der Waals surface area (Å²) in [5.74, 6) is 0.449. The second-order valence-electron chi connectivity index (χ2n) is 4.11. The lowest BCUT2D eigenvalue weighted by atomic mass is 10.3. The average molecular weight is 280 g/mol. The summed E-state index contributed by atoms with van der Waals surface area (Å²) in [7, 11) is 0. The molecule has 0 amide bonds. The summed E-state index contributed by atoms with van der Waals surface area (Å²) in [4.78, 5) is 4.36. The number of pyridine rings is 1. The fraction of sp³-hybridized carbons (Fsp3) is 0.417. The predicted octanol–water partition coefficient (Wildman–Crippen LogP) is 0.771. The van der Waals surface area contributed by atoms with Crippen LogP contribution in [0.25, 0.3) is 0 Å². The molecule has 0 aliphatic rings. The third kappa shape index (κ3) is 4.90. The van der Waals surface area contributed by atoms with Gasteiger partial charge >= 0.3 is 0 Å². The van der Waals surface area contributed by atoms with Crippen LogP contribution >= 0.6 is 11.7 Å². The monoisotopic (exact) mass is 280 g/mol. The quantitative estimate of drug-likeness (QED) is 0.780. The zero-order valence-corrected chi connectivity index (χ0v) is 11.4. The highest BCUT2D eigenvalue weighted by atomic mass is 32.1. The van der Waals surface area contributed by atoms with E-state index >= 15 is 0 Å². The lowest BCUT2D eigenvalue weighted by Gasteiger charge is -2.11. The van der Waals surface area contributed by atoms with Crippen LogP contribution in [0.15, 0.2) is 24.4 Å². The number of hydrogen-bond donors (Lipinski definition) is 2. The van der Waals surface area contributed by atoms with Gasteiger partial charge in [0.1, 0.15) is 18.9 Å². The van der Waals surface area contributed by atoms with E-state index in [0.717, 1.165) is 23.1 Å². The van der Waals surface area contributed by atoms with Gasteiger partial charge in [-0.3, -0.25) is 4.98 Å². The second-order valence-corrected chi connectivity index (χ2v) is 4.67. The van der Waals surface area contributed by atoms with Crippen LogP contribution in [0.2, 0.25) is 0 Å². The molecule has 1 atom stereocenters. The first-order valence-corrected chi connectivity index (χ1v) is 6.69. The molecule has 2 aromatic rings. The highest BCUT2D eigenvalue weighted by Crippen LogP contribution is 2.05. The van der Waals surface area contributed by atoms with Crippen molar-refractivity contribution in [3.05, 3.63) is 35.8 Å². The molecule has 2 N–H and O–H groups in total. The number of aromatic nitrogens is 3. The number of aliphatic hydroxyl groups excluding tert-OH is 1. The van der Waals surface area contributed by atoms with Gasteiger partial charge in [0, 0.05) is 18.8 Å². The number of ether oxygens (including phenoxy) is 1. The van der Waals surface area contributed by atoms with E-state index in [1.807, 2.05) is 25.1 Å². The first-order chi connectivity index (χ1) is 9.24. The largest absolute Gasteiger partial charge is 0.473 e. The van der Waals surface area contributed by atoms with Crippen molar-refractivity contribution in [1.29, 1.82) is 0 Å². The molecule has 2 aromatic heterocycles. The van der Waals surface area contributed by atoms with Crippen LogP contribution in [0, 0.1) is 6.92 Å². The van der Waals surface area contributed by atoms with Crippen LogP contribution in [0.5, 0.6) is 5.88 Å². The van der Waals surface area contributed by atoms with Crippen molar-refractivity contribution < 1.29 is 9.84 Å². The molecular weight excluding hydrogens is 264 g/mol. The molecule has 0 aliphatic carbocycles. The summed E-state index contributed by atoms with van der Waals surface area (Å²) < 4.78 is 13.0. The number of rotatable bonds is 7. The molecule has 102 valence electrons. The number of aliphatic hydroxyl groups is 1. The Bertz CT molecular complexity index is 492. The third-order valence-electron chi connectivity index (χ3n) is 2.40. The van der Waals surface area contributed by atoms with Crippen LogP contribution in [-0.2, 0) is 6.54 Å². The summed E-state index contributed by atoms with van der Waals surface area (Å²) in [6.45, 7) is 3.21. The van der Waals surface area contributed by atoms with Crippen molar-refractivity contribution in [2.75, 3.05) is 13.2 Å². The van der Waals surface area contributed by atoms with Gasteiger partial charge in [-0.1, -0.05) is 6.07 Å². The van der Waals surface area contributed by atoms with Gasteiger partial charge in [-0.05, 0) is 19.1 Å². The smallest absolute Gasteiger partial charge is 0.245 e. The minimum Gasteiger partial charge on any atom is -0.473 e. The molecule has 7 heteroatoms. The Balaban J connectivity index is 1.65. The Morgan fingerprint density at radius 2 is 2.37 bits per heavy atom. The van der Waals surface area contributed by atoms with Crippen LogP contribution in [0.1, 0.15) is 11.4 Å². The van der Waals surface area contributed by atoms with E-state index < -0.39 is 6.10 Å².